The molecule has 0 spiro atoms. The SMILES string of the molecule is Cc1ccc(S(=O)(=O)Nc2ccc3oc(-c4ccccc4)c(C(=O)NO)c3c2)cc1[N+](=O)[O-]. The van der Waals surface area contributed by atoms with Gasteiger partial charge in [-0.25, -0.2) is 13.9 Å². The summed E-state index contributed by atoms with van der Waals surface area (Å²) in [6, 6.07) is 16.6. The van der Waals surface area contributed by atoms with Crippen LogP contribution in [0.15, 0.2) is 76.0 Å². The van der Waals surface area contributed by atoms with Crippen molar-refractivity contribution in [1.29, 1.82) is 0 Å². The fourth-order valence-electron chi connectivity index (χ4n) is 3.40. The number of anilines is 1. The molecule has 0 aliphatic carbocycles. The number of aryl methyl sites for hydroxylation is 1. The molecule has 1 amide bonds. The second kappa shape index (κ2) is 8.37. The first-order valence-corrected chi connectivity index (χ1v) is 11.0. The molecular weight excluding hydrogens is 450 g/mol. The van der Waals surface area contributed by atoms with Gasteiger partial charge in [0.05, 0.1) is 15.4 Å². The summed E-state index contributed by atoms with van der Waals surface area (Å²) in [5.74, 6) is -0.631. The van der Waals surface area contributed by atoms with Crippen LogP contribution in [-0.4, -0.2) is 24.5 Å². The van der Waals surface area contributed by atoms with Crippen LogP contribution >= 0.6 is 0 Å². The normalized spacial score (nSPS) is 11.3. The number of sulfonamides is 1. The van der Waals surface area contributed by atoms with Gasteiger partial charge >= 0.3 is 0 Å². The van der Waals surface area contributed by atoms with Gasteiger partial charge in [0.25, 0.3) is 21.6 Å². The van der Waals surface area contributed by atoms with Gasteiger partial charge in [-0.15, -0.1) is 0 Å². The Kier molecular flexibility index (Phi) is 5.58. The number of carbonyl (C=O) groups is 1. The molecule has 4 aromatic rings. The van der Waals surface area contributed by atoms with Gasteiger partial charge in [-0.2, -0.15) is 0 Å². The zero-order valence-corrected chi connectivity index (χ0v) is 17.9. The number of nitro benzene ring substituents is 1. The molecule has 0 unspecified atom stereocenters. The maximum Gasteiger partial charge on any atom is 0.279 e. The fraction of sp³-hybridized carbons (Fsp3) is 0.0455. The van der Waals surface area contributed by atoms with Gasteiger partial charge in [0.2, 0.25) is 0 Å². The van der Waals surface area contributed by atoms with Crippen molar-refractivity contribution in [3.05, 3.63) is 88.0 Å². The number of carbonyl (C=O) groups excluding carboxylic acids is 1. The number of furan rings is 1. The highest BCUT2D eigenvalue weighted by Gasteiger charge is 2.24. The summed E-state index contributed by atoms with van der Waals surface area (Å²) in [5.41, 5.74) is 2.58. The second-order valence-corrected chi connectivity index (χ2v) is 8.82. The Bertz CT molecular complexity index is 1500. The third kappa shape index (κ3) is 4.14. The molecule has 0 bridgehead atoms. The molecule has 33 heavy (non-hydrogen) atoms. The van der Waals surface area contributed by atoms with E-state index in [4.69, 9.17) is 4.42 Å². The van der Waals surface area contributed by atoms with Crippen LogP contribution in [0.25, 0.3) is 22.3 Å². The van der Waals surface area contributed by atoms with Gasteiger partial charge in [-0.1, -0.05) is 36.4 Å². The number of hydrogen-bond donors (Lipinski definition) is 3. The number of nitrogens with zero attached hydrogens (tertiary/aromatic N) is 1. The number of hydroxylamine groups is 1. The average molecular weight is 467 g/mol. The van der Waals surface area contributed by atoms with Crippen molar-refractivity contribution in [2.45, 2.75) is 11.8 Å². The van der Waals surface area contributed by atoms with Crippen LogP contribution in [0, 0.1) is 17.0 Å². The minimum atomic E-state index is -4.17. The van der Waals surface area contributed by atoms with Crippen molar-refractivity contribution in [1.82, 2.24) is 5.48 Å². The summed E-state index contributed by atoms with van der Waals surface area (Å²) < 4.78 is 33.9. The second-order valence-electron chi connectivity index (χ2n) is 7.13. The van der Waals surface area contributed by atoms with Crippen LogP contribution in [0.4, 0.5) is 11.4 Å². The Balaban J connectivity index is 1.79. The third-order valence-electron chi connectivity index (χ3n) is 4.99. The molecular formula is C22H17N3O7S. The van der Waals surface area contributed by atoms with Crippen molar-refractivity contribution >= 4 is 38.3 Å². The molecule has 0 aliphatic heterocycles. The Morgan fingerprint density at radius 2 is 1.79 bits per heavy atom. The van der Waals surface area contributed by atoms with E-state index in [1.807, 2.05) is 0 Å². The van der Waals surface area contributed by atoms with Crippen LogP contribution in [0.3, 0.4) is 0 Å². The molecule has 0 aliphatic rings. The largest absolute Gasteiger partial charge is 0.455 e. The highest BCUT2D eigenvalue weighted by Crippen LogP contribution is 2.35. The molecule has 3 N–H and O–H groups in total. The highest BCUT2D eigenvalue weighted by atomic mass is 32.2. The number of amides is 1. The maximum atomic E-state index is 12.8. The Morgan fingerprint density at radius 3 is 2.45 bits per heavy atom. The summed E-state index contributed by atoms with van der Waals surface area (Å²) in [6.45, 7) is 1.51. The lowest BCUT2D eigenvalue weighted by Gasteiger charge is -2.09. The zero-order valence-electron chi connectivity index (χ0n) is 17.1. The van der Waals surface area contributed by atoms with E-state index in [1.165, 1.54) is 37.3 Å². The van der Waals surface area contributed by atoms with E-state index in [0.29, 0.717) is 16.7 Å². The van der Waals surface area contributed by atoms with Crippen LogP contribution in [0.1, 0.15) is 15.9 Å². The van der Waals surface area contributed by atoms with E-state index in [2.05, 4.69) is 4.72 Å². The third-order valence-corrected chi connectivity index (χ3v) is 6.37. The minimum absolute atomic E-state index is 0.0192. The smallest absolute Gasteiger partial charge is 0.279 e. The lowest BCUT2D eigenvalue weighted by molar-refractivity contribution is -0.385. The number of nitrogens with one attached hydrogen (secondary N) is 2. The van der Waals surface area contributed by atoms with E-state index >= 15 is 0 Å². The van der Waals surface area contributed by atoms with E-state index in [9.17, 15) is 28.5 Å². The number of nitro groups is 1. The molecule has 11 heteroatoms. The van der Waals surface area contributed by atoms with Crippen LogP contribution < -0.4 is 10.2 Å². The quantitative estimate of drug-likeness (QED) is 0.218. The highest BCUT2D eigenvalue weighted by molar-refractivity contribution is 7.92. The molecule has 0 saturated heterocycles. The molecule has 0 fully saturated rings. The molecule has 0 radical (unpaired) electrons. The van der Waals surface area contributed by atoms with E-state index in [0.717, 1.165) is 6.07 Å². The summed E-state index contributed by atoms with van der Waals surface area (Å²) in [7, 11) is -4.17. The van der Waals surface area contributed by atoms with Crippen LogP contribution in [0.5, 0.6) is 0 Å². The predicted molar refractivity (Wildman–Crippen MR) is 120 cm³/mol. The van der Waals surface area contributed by atoms with Crippen molar-refractivity contribution in [2.24, 2.45) is 0 Å². The summed E-state index contributed by atoms with van der Waals surface area (Å²) in [5, 5.41) is 20.7. The Hall–Kier alpha value is -4.22. The Morgan fingerprint density at radius 1 is 1.06 bits per heavy atom. The minimum Gasteiger partial charge on any atom is -0.455 e. The van der Waals surface area contributed by atoms with Crippen molar-refractivity contribution in [2.75, 3.05) is 4.72 Å². The van der Waals surface area contributed by atoms with Gasteiger partial charge in [0, 0.05) is 28.3 Å². The summed E-state index contributed by atoms with van der Waals surface area (Å²) in [6.07, 6.45) is 0. The molecule has 168 valence electrons. The van der Waals surface area contributed by atoms with Crippen LogP contribution in [0.2, 0.25) is 0 Å². The summed E-state index contributed by atoms with van der Waals surface area (Å²) >= 11 is 0. The first-order valence-electron chi connectivity index (χ1n) is 9.55. The zero-order chi connectivity index (χ0) is 23.8. The van der Waals surface area contributed by atoms with E-state index in [-0.39, 0.29) is 33.0 Å². The van der Waals surface area contributed by atoms with Gasteiger partial charge < -0.3 is 4.42 Å². The number of rotatable bonds is 6. The lowest BCUT2D eigenvalue weighted by Crippen LogP contribution is -2.19. The molecule has 1 aromatic heterocycles. The van der Waals surface area contributed by atoms with E-state index in [1.54, 1.807) is 35.8 Å². The average Bonchev–Trinajstić information content (AvgIpc) is 3.17. The number of fused-ring (bicyclic) bond motifs is 1. The van der Waals surface area contributed by atoms with Gasteiger partial charge in [-0.05, 0) is 31.2 Å². The van der Waals surface area contributed by atoms with Gasteiger partial charge in [0.1, 0.15) is 11.3 Å². The molecule has 0 saturated carbocycles. The first-order chi connectivity index (χ1) is 15.7. The summed E-state index contributed by atoms with van der Waals surface area (Å²) in [4.78, 5) is 22.6. The maximum absolute atomic E-state index is 12.8. The predicted octanol–water partition coefficient (Wildman–Crippen LogP) is 4.24. The topological polar surface area (TPSA) is 152 Å². The number of benzene rings is 3. The number of hydrogen-bond acceptors (Lipinski definition) is 7. The van der Waals surface area contributed by atoms with Gasteiger partial charge in [0.15, 0.2) is 0 Å². The van der Waals surface area contributed by atoms with Crippen molar-refractivity contribution in [3.8, 4) is 11.3 Å². The molecule has 4 rings (SSSR count). The molecule has 1 heterocycles. The molecule has 10 nitrogen and oxygen atoms in total. The lowest BCUT2D eigenvalue weighted by atomic mass is 10.0. The Labute approximate surface area is 187 Å². The molecule has 0 atom stereocenters. The van der Waals surface area contributed by atoms with Crippen molar-refractivity contribution in [3.63, 3.8) is 0 Å². The van der Waals surface area contributed by atoms with Gasteiger partial charge in [-0.3, -0.25) is 24.8 Å². The standard InChI is InChI=1S/C22H17N3O7S/c1-13-7-9-16(12-18(13)25(28)29)33(30,31)24-15-8-10-19-17(11-15)20(22(26)23-27)21(32-19)14-5-3-2-4-6-14/h2-12,24,27H,1H3,(H,23,26). The monoisotopic (exact) mass is 467 g/mol. The molecule has 3 aromatic carbocycles. The van der Waals surface area contributed by atoms with Crippen molar-refractivity contribution < 1.29 is 27.8 Å². The first kappa shape index (κ1) is 22.0. The van der Waals surface area contributed by atoms with Crippen LogP contribution in [-0.2, 0) is 10.0 Å². The van der Waals surface area contributed by atoms with E-state index < -0.39 is 20.9 Å². The fourth-order valence-corrected chi connectivity index (χ4v) is 4.47.